The van der Waals surface area contributed by atoms with Crippen LogP contribution in [0.4, 0.5) is 13.2 Å². The molecule has 2 N–H and O–H groups in total. The summed E-state index contributed by atoms with van der Waals surface area (Å²) in [6.45, 7) is 0. The lowest BCUT2D eigenvalue weighted by atomic mass is 10.1. The highest BCUT2D eigenvalue weighted by molar-refractivity contribution is 5.96. The predicted octanol–water partition coefficient (Wildman–Crippen LogP) is 3.89. The molecule has 22 heavy (non-hydrogen) atoms. The lowest BCUT2D eigenvalue weighted by Crippen LogP contribution is -2.04. The van der Waals surface area contributed by atoms with Crippen molar-refractivity contribution in [2.75, 3.05) is 0 Å². The summed E-state index contributed by atoms with van der Waals surface area (Å²) >= 11 is 0. The maximum absolute atomic E-state index is 12.8. The van der Waals surface area contributed by atoms with Gasteiger partial charge in [-0.25, -0.2) is 4.79 Å². The smallest absolute Gasteiger partial charge is 0.416 e. The maximum Gasteiger partial charge on any atom is 0.416 e. The minimum atomic E-state index is -4.40. The first-order chi connectivity index (χ1) is 10.3. The van der Waals surface area contributed by atoms with Crippen molar-refractivity contribution < 1.29 is 23.1 Å². The van der Waals surface area contributed by atoms with Crippen LogP contribution in [0.15, 0.2) is 36.5 Å². The Hall–Kier alpha value is -2.70. The van der Waals surface area contributed by atoms with Crippen LogP contribution >= 0.6 is 0 Å². The molecule has 0 amide bonds. The number of aryl methyl sites for hydroxylation is 1. The number of alkyl halides is 3. The van der Waals surface area contributed by atoms with Crippen molar-refractivity contribution in [2.45, 2.75) is 6.18 Å². The van der Waals surface area contributed by atoms with E-state index < -0.39 is 17.7 Å². The van der Waals surface area contributed by atoms with E-state index >= 15 is 0 Å². The number of halogens is 3. The molecule has 0 bridgehead atoms. The molecule has 0 unspecified atom stereocenters. The molecule has 7 heteroatoms. The standard InChI is InChI=1S/C15H11F3N2O2/c1-20-7-10(11-4-5-12(19-11)14(21)22)9-3-2-8(6-13(9)20)15(16,17)18/h2-7,19H,1H3,(H,21,22). The summed E-state index contributed by atoms with van der Waals surface area (Å²) in [7, 11) is 1.65. The number of carbonyl (C=O) groups is 1. The van der Waals surface area contributed by atoms with Gasteiger partial charge in [0.2, 0.25) is 0 Å². The van der Waals surface area contributed by atoms with Crippen LogP contribution in [0.5, 0.6) is 0 Å². The van der Waals surface area contributed by atoms with Gasteiger partial charge in [-0.1, -0.05) is 6.07 Å². The lowest BCUT2D eigenvalue weighted by molar-refractivity contribution is -0.137. The van der Waals surface area contributed by atoms with E-state index in [0.29, 0.717) is 22.2 Å². The molecule has 0 aliphatic heterocycles. The Labute approximate surface area is 122 Å². The van der Waals surface area contributed by atoms with Crippen LogP contribution in [0, 0.1) is 0 Å². The zero-order valence-electron chi connectivity index (χ0n) is 11.4. The number of aromatic nitrogens is 2. The van der Waals surface area contributed by atoms with E-state index in [-0.39, 0.29) is 5.69 Å². The number of nitrogens with one attached hydrogen (secondary N) is 1. The third kappa shape index (κ3) is 2.24. The third-order valence-corrected chi connectivity index (χ3v) is 3.52. The summed E-state index contributed by atoms with van der Waals surface area (Å²) in [5.41, 5.74) is 0.933. The Morgan fingerprint density at radius 3 is 2.55 bits per heavy atom. The number of fused-ring (bicyclic) bond motifs is 1. The van der Waals surface area contributed by atoms with Gasteiger partial charge in [0.15, 0.2) is 0 Å². The molecule has 2 heterocycles. The van der Waals surface area contributed by atoms with Crippen molar-refractivity contribution in [2.24, 2.45) is 7.05 Å². The first-order valence-electron chi connectivity index (χ1n) is 6.36. The van der Waals surface area contributed by atoms with Crippen LogP contribution < -0.4 is 0 Å². The van der Waals surface area contributed by atoms with Gasteiger partial charge in [-0.3, -0.25) is 0 Å². The Balaban J connectivity index is 2.17. The number of nitrogens with zero attached hydrogens (tertiary/aromatic N) is 1. The molecule has 0 atom stereocenters. The number of hydrogen-bond donors (Lipinski definition) is 2. The van der Waals surface area contributed by atoms with Crippen molar-refractivity contribution in [3.8, 4) is 11.3 Å². The number of hydrogen-bond acceptors (Lipinski definition) is 1. The Bertz CT molecular complexity index is 875. The fraction of sp³-hybridized carbons (Fsp3) is 0.133. The molecule has 0 aliphatic rings. The number of H-pyrrole nitrogens is 1. The van der Waals surface area contributed by atoms with Crippen LogP contribution in [0.25, 0.3) is 22.2 Å². The highest BCUT2D eigenvalue weighted by atomic mass is 19.4. The Kier molecular flexibility index (Phi) is 3.01. The average Bonchev–Trinajstić information content (AvgIpc) is 3.03. The largest absolute Gasteiger partial charge is 0.477 e. The number of rotatable bonds is 2. The van der Waals surface area contributed by atoms with Gasteiger partial charge >= 0.3 is 12.1 Å². The molecule has 0 radical (unpaired) electrons. The summed E-state index contributed by atoms with van der Waals surface area (Å²) in [6.07, 6.45) is -2.73. The highest BCUT2D eigenvalue weighted by Gasteiger charge is 2.31. The molecular weight excluding hydrogens is 297 g/mol. The summed E-state index contributed by atoms with van der Waals surface area (Å²) < 4.78 is 40.0. The Morgan fingerprint density at radius 2 is 1.95 bits per heavy atom. The quantitative estimate of drug-likeness (QED) is 0.754. The second-order valence-corrected chi connectivity index (χ2v) is 4.97. The molecule has 2 aromatic heterocycles. The van der Waals surface area contributed by atoms with Crippen LogP contribution in [0.1, 0.15) is 16.1 Å². The zero-order valence-corrected chi connectivity index (χ0v) is 11.4. The fourth-order valence-electron chi connectivity index (χ4n) is 2.45. The van der Waals surface area contributed by atoms with Crippen molar-refractivity contribution in [1.29, 1.82) is 0 Å². The van der Waals surface area contributed by atoms with Gasteiger partial charge in [-0.15, -0.1) is 0 Å². The predicted molar refractivity (Wildman–Crippen MR) is 74.7 cm³/mol. The van der Waals surface area contributed by atoms with E-state index in [2.05, 4.69) is 4.98 Å². The molecule has 114 valence electrons. The molecule has 1 aromatic carbocycles. The first-order valence-corrected chi connectivity index (χ1v) is 6.36. The molecule has 3 rings (SSSR count). The van der Waals surface area contributed by atoms with Gasteiger partial charge in [0, 0.05) is 35.4 Å². The lowest BCUT2D eigenvalue weighted by Gasteiger charge is -2.07. The molecular formula is C15H11F3N2O2. The van der Waals surface area contributed by atoms with E-state index in [1.54, 1.807) is 23.9 Å². The minimum absolute atomic E-state index is 0.0268. The second kappa shape index (κ2) is 4.66. The zero-order chi connectivity index (χ0) is 16.1. The minimum Gasteiger partial charge on any atom is -0.477 e. The van der Waals surface area contributed by atoms with E-state index in [9.17, 15) is 18.0 Å². The Morgan fingerprint density at radius 1 is 1.23 bits per heavy atom. The van der Waals surface area contributed by atoms with Crippen molar-refractivity contribution in [3.63, 3.8) is 0 Å². The van der Waals surface area contributed by atoms with Gasteiger partial charge in [0.25, 0.3) is 0 Å². The average molecular weight is 308 g/mol. The fourth-order valence-corrected chi connectivity index (χ4v) is 2.45. The molecule has 0 fully saturated rings. The summed E-state index contributed by atoms with van der Waals surface area (Å²) in [4.78, 5) is 13.7. The maximum atomic E-state index is 12.8. The first kappa shape index (κ1) is 14.2. The van der Waals surface area contributed by atoms with Gasteiger partial charge in [0.1, 0.15) is 5.69 Å². The summed E-state index contributed by atoms with van der Waals surface area (Å²) in [5, 5.41) is 9.55. The van der Waals surface area contributed by atoms with Crippen molar-refractivity contribution in [1.82, 2.24) is 9.55 Å². The molecule has 3 aromatic rings. The number of benzene rings is 1. The molecule has 4 nitrogen and oxygen atoms in total. The molecule has 0 spiro atoms. The second-order valence-electron chi connectivity index (χ2n) is 4.97. The van der Waals surface area contributed by atoms with Gasteiger partial charge < -0.3 is 14.7 Å². The molecule has 0 aliphatic carbocycles. The van der Waals surface area contributed by atoms with Crippen LogP contribution in [0.3, 0.4) is 0 Å². The highest BCUT2D eigenvalue weighted by Crippen LogP contribution is 2.35. The number of aromatic carboxylic acids is 1. The van der Waals surface area contributed by atoms with E-state index in [4.69, 9.17) is 5.11 Å². The van der Waals surface area contributed by atoms with Crippen LogP contribution in [-0.4, -0.2) is 20.6 Å². The number of aromatic amines is 1. The molecule has 0 saturated carbocycles. The normalized spacial score (nSPS) is 12.0. The van der Waals surface area contributed by atoms with Gasteiger partial charge in [-0.05, 0) is 24.3 Å². The summed E-state index contributed by atoms with van der Waals surface area (Å²) in [5.74, 6) is -1.09. The van der Waals surface area contributed by atoms with Gasteiger partial charge in [-0.2, -0.15) is 13.2 Å². The van der Waals surface area contributed by atoms with Gasteiger partial charge in [0.05, 0.1) is 5.56 Å². The number of carboxylic acid groups (broad SMARTS) is 1. The van der Waals surface area contributed by atoms with E-state index in [0.717, 1.165) is 12.1 Å². The SMILES string of the molecule is Cn1cc(-c2ccc(C(=O)O)[nH]2)c2ccc(C(F)(F)F)cc21. The monoisotopic (exact) mass is 308 g/mol. The summed E-state index contributed by atoms with van der Waals surface area (Å²) in [6, 6.07) is 6.51. The van der Waals surface area contributed by atoms with E-state index in [1.165, 1.54) is 12.1 Å². The topological polar surface area (TPSA) is 58.0 Å². The van der Waals surface area contributed by atoms with Crippen molar-refractivity contribution >= 4 is 16.9 Å². The molecule has 0 saturated heterocycles. The van der Waals surface area contributed by atoms with Crippen LogP contribution in [0.2, 0.25) is 0 Å². The van der Waals surface area contributed by atoms with E-state index in [1.807, 2.05) is 0 Å². The van der Waals surface area contributed by atoms with Crippen molar-refractivity contribution in [3.05, 3.63) is 47.8 Å². The number of carboxylic acids is 1. The third-order valence-electron chi connectivity index (χ3n) is 3.52. The van der Waals surface area contributed by atoms with Crippen LogP contribution in [-0.2, 0) is 13.2 Å².